The van der Waals surface area contributed by atoms with Gasteiger partial charge in [0.15, 0.2) is 0 Å². The molecule has 146 valence electrons. The number of carbonyl (C=O) groups excluding carboxylic acids is 1. The van der Waals surface area contributed by atoms with E-state index in [1.54, 1.807) is 0 Å². The van der Waals surface area contributed by atoms with Crippen molar-refractivity contribution >= 4 is 5.91 Å². The molecule has 4 aliphatic rings. The average molecular weight is 375 g/mol. The van der Waals surface area contributed by atoms with Gasteiger partial charge in [0.2, 0.25) is 5.91 Å². The minimum atomic E-state index is -0.744. The molecule has 1 aromatic carbocycles. The lowest BCUT2D eigenvalue weighted by Crippen LogP contribution is -2.75. The van der Waals surface area contributed by atoms with E-state index >= 15 is 0 Å². The van der Waals surface area contributed by atoms with Crippen molar-refractivity contribution in [1.82, 2.24) is 9.80 Å². The van der Waals surface area contributed by atoms with Crippen LogP contribution in [0, 0.1) is 17.6 Å². The molecular formula is C21H27F2N3O. The van der Waals surface area contributed by atoms with Gasteiger partial charge in [-0.05, 0) is 50.8 Å². The van der Waals surface area contributed by atoms with Crippen molar-refractivity contribution in [2.24, 2.45) is 11.7 Å². The second kappa shape index (κ2) is 5.74. The van der Waals surface area contributed by atoms with Crippen molar-refractivity contribution in [3.05, 3.63) is 35.4 Å². The van der Waals surface area contributed by atoms with E-state index in [2.05, 4.69) is 9.80 Å². The summed E-state index contributed by atoms with van der Waals surface area (Å²) in [6, 6.07) is 4.49. The molecule has 2 heterocycles. The summed E-state index contributed by atoms with van der Waals surface area (Å²) in [6.45, 7) is 4.52. The molecule has 0 bridgehead atoms. The quantitative estimate of drug-likeness (QED) is 0.864. The fourth-order valence-corrected chi connectivity index (χ4v) is 6.24. The Morgan fingerprint density at radius 3 is 2.52 bits per heavy atom. The maximum atomic E-state index is 14.3. The largest absolute Gasteiger partial charge is 0.334 e. The number of amides is 1. The van der Waals surface area contributed by atoms with Crippen molar-refractivity contribution in [3.63, 3.8) is 0 Å². The van der Waals surface area contributed by atoms with Crippen LogP contribution in [0.5, 0.6) is 0 Å². The molecule has 4 fully saturated rings. The molecule has 2 aliphatic heterocycles. The van der Waals surface area contributed by atoms with Crippen molar-refractivity contribution < 1.29 is 13.6 Å². The van der Waals surface area contributed by atoms with Crippen molar-refractivity contribution in [3.8, 4) is 0 Å². The molecule has 1 spiro atoms. The number of hydrogen-bond acceptors (Lipinski definition) is 3. The third-order valence-electron chi connectivity index (χ3n) is 7.70. The van der Waals surface area contributed by atoms with Crippen molar-refractivity contribution in [1.29, 1.82) is 0 Å². The number of hydrogen-bond donors (Lipinski definition) is 1. The second-order valence-corrected chi connectivity index (χ2v) is 9.23. The molecular weight excluding hydrogens is 348 g/mol. The van der Waals surface area contributed by atoms with Crippen LogP contribution in [-0.4, -0.2) is 53.0 Å². The summed E-state index contributed by atoms with van der Waals surface area (Å²) < 4.78 is 28.7. The van der Waals surface area contributed by atoms with Gasteiger partial charge in [0.1, 0.15) is 11.6 Å². The van der Waals surface area contributed by atoms with Crippen molar-refractivity contribution in [2.45, 2.75) is 62.1 Å². The van der Waals surface area contributed by atoms with Gasteiger partial charge in [0.25, 0.3) is 0 Å². The first-order valence-corrected chi connectivity index (χ1v) is 10.1. The van der Waals surface area contributed by atoms with Crippen LogP contribution in [0.3, 0.4) is 0 Å². The normalized spacial score (nSPS) is 40.7. The Morgan fingerprint density at radius 1 is 1.15 bits per heavy atom. The molecule has 6 heteroatoms. The highest BCUT2D eigenvalue weighted by Gasteiger charge is 2.64. The Kier molecular flexibility index (Phi) is 3.73. The highest BCUT2D eigenvalue weighted by molar-refractivity contribution is 5.85. The molecule has 5 rings (SSSR count). The third kappa shape index (κ3) is 2.35. The summed E-state index contributed by atoms with van der Waals surface area (Å²) >= 11 is 0. The van der Waals surface area contributed by atoms with Gasteiger partial charge in [-0.1, -0.05) is 13.0 Å². The molecule has 4 nitrogen and oxygen atoms in total. The first-order chi connectivity index (χ1) is 12.9. The standard InChI is InChI=1S/C21H27F2N3O/c1-20(18-15(22)4-2-5-16(18)23)12-14(20)19(27)26-9-8-25-7-3-6-17(25)21(26)10-13(24)11-21/h2,4-5,13-14,17H,3,6-12,24H2,1H3. The summed E-state index contributed by atoms with van der Waals surface area (Å²) in [5.74, 6) is -1.37. The van der Waals surface area contributed by atoms with Crippen molar-refractivity contribution in [2.75, 3.05) is 19.6 Å². The highest BCUT2D eigenvalue weighted by atomic mass is 19.1. The minimum Gasteiger partial charge on any atom is -0.334 e. The van der Waals surface area contributed by atoms with Crippen LogP contribution >= 0.6 is 0 Å². The first kappa shape index (κ1) is 17.6. The van der Waals surface area contributed by atoms with Crippen LogP contribution in [0.1, 0.15) is 44.6 Å². The van der Waals surface area contributed by atoms with Crippen LogP contribution in [0.15, 0.2) is 18.2 Å². The summed E-state index contributed by atoms with van der Waals surface area (Å²) in [7, 11) is 0. The summed E-state index contributed by atoms with van der Waals surface area (Å²) in [5, 5.41) is 0. The van der Waals surface area contributed by atoms with Crippen LogP contribution in [0.25, 0.3) is 0 Å². The molecule has 2 saturated heterocycles. The molecule has 27 heavy (non-hydrogen) atoms. The van der Waals surface area contributed by atoms with E-state index < -0.39 is 17.0 Å². The maximum absolute atomic E-state index is 14.3. The van der Waals surface area contributed by atoms with E-state index in [1.807, 2.05) is 6.92 Å². The van der Waals surface area contributed by atoms with Gasteiger partial charge >= 0.3 is 0 Å². The number of halogens is 2. The van der Waals surface area contributed by atoms with Crippen LogP contribution in [0.2, 0.25) is 0 Å². The molecule has 3 atom stereocenters. The van der Waals surface area contributed by atoms with Gasteiger partial charge in [-0.3, -0.25) is 9.69 Å². The predicted octanol–water partition coefficient (Wildman–Crippen LogP) is 2.41. The number of nitrogens with two attached hydrogens (primary N) is 1. The van der Waals surface area contributed by atoms with Gasteiger partial charge in [-0.25, -0.2) is 8.78 Å². The fraction of sp³-hybridized carbons (Fsp3) is 0.667. The molecule has 1 aromatic rings. The molecule has 0 radical (unpaired) electrons. The highest BCUT2D eigenvalue weighted by Crippen LogP contribution is 2.58. The lowest BCUT2D eigenvalue weighted by molar-refractivity contribution is -0.157. The van der Waals surface area contributed by atoms with Gasteiger partial charge in [0.05, 0.1) is 5.54 Å². The Labute approximate surface area is 158 Å². The molecule has 2 aliphatic carbocycles. The maximum Gasteiger partial charge on any atom is 0.227 e. The Bertz CT molecular complexity index is 773. The molecule has 2 saturated carbocycles. The van der Waals surface area contributed by atoms with E-state index in [-0.39, 0.29) is 29.0 Å². The predicted molar refractivity (Wildman–Crippen MR) is 98.1 cm³/mol. The Balaban J connectivity index is 1.43. The van der Waals surface area contributed by atoms with E-state index in [1.165, 1.54) is 24.6 Å². The number of nitrogens with zero attached hydrogens (tertiary/aromatic N) is 2. The monoisotopic (exact) mass is 375 g/mol. The number of benzene rings is 1. The smallest absolute Gasteiger partial charge is 0.227 e. The Morgan fingerprint density at radius 2 is 1.85 bits per heavy atom. The lowest BCUT2D eigenvalue weighted by atomic mass is 9.65. The van der Waals surface area contributed by atoms with E-state index in [4.69, 9.17) is 5.73 Å². The Hall–Kier alpha value is -1.53. The van der Waals surface area contributed by atoms with Gasteiger partial charge < -0.3 is 10.6 Å². The molecule has 3 unspecified atom stereocenters. The molecule has 1 amide bonds. The zero-order valence-electron chi connectivity index (χ0n) is 15.8. The lowest BCUT2D eigenvalue weighted by Gasteiger charge is -2.61. The topological polar surface area (TPSA) is 49.6 Å². The van der Waals surface area contributed by atoms with Gasteiger partial charge in [0, 0.05) is 42.1 Å². The fourth-order valence-electron chi connectivity index (χ4n) is 6.24. The first-order valence-electron chi connectivity index (χ1n) is 10.1. The zero-order valence-corrected chi connectivity index (χ0v) is 15.8. The molecule has 0 aromatic heterocycles. The number of fused-ring (bicyclic) bond motifs is 2. The second-order valence-electron chi connectivity index (χ2n) is 9.23. The number of piperazine rings is 1. The SMILES string of the molecule is CC1(c2c(F)cccc2F)CC1C(=O)N1CCN2CCCC2C12CC(N)C2. The van der Waals surface area contributed by atoms with Crippen LogP contribution in [-0.2, 0) is 10.2 Å². The zero-order chi connectivity index (χ0) is 19.0. The van der Waals surface area contributed by atoms with E-state index in [0.717, 1.165) is 32.4 Å². The van der Waals surface area contributed by atoms with Gasteiger partial charge in [-0.15, -0.1) is 0 Å². The third-order valence-corrected chi connectivity index (χ3v) is 7.70. The van der Waals surface area contributed by atoms with Crippen LogP contribution < -0.4 is 5.73 Å². The van der Waals surface area contributed by atoms with Gasteiger partial charge in [-0.2, -0.15) is 0 Å². The van der Waals surface area contributed by atoms with Crippen LogP contribution in [0.4, 0.5) is 8.78 Å². The van der Waals surface area contributed by atoms with E-state index in [9.17, 15) is 13.6 Å². The summed E-state index contributed by atoms with van der Waals surface area (Å²) in [5.41, 5.74) is 5.31. The minimum absolute atomic E-state index is 0.0682. The average Bonchev–Trinajstić information content (AvgIpc) is 3.04. The number of rotatable bonds is 2. The van der Waals surface area contributed by atoms with E-state index in [0.29, 0.717) is 19.0 Å². The number of carbonyl (C=O) groups is 1. The summed E-state index contributed by atoms with van der Waals surface area (Å²) in [4.78, 5) is 18.1. The summed E-state index contributed by atoms with van der Waals surface area (Å²) in [6.07, 6.45) is 4.48. The molecule has 2 N–H and O–H groups in total.